The van der Waals surface area contributed by atoms with Gasteiger partial charge >= 0.3 is 0 Å². The maximum Gasteiger partial charge on any atom is 0.187 e. The summed E-state index contributed by atoms with van der Waals surface area (Å²) in [5, 5.41) is 9.86. The van der Waals surface area contributed by atoms with Gasteiger partial charge in [0.25, 0.3) is 0 Å². The van der Waals surface area contributed by atoms with E-state index in [4.69, 9.17) is 0 Å². The van der Waals surface area contributed by atoms with Crippen molar-refractivity contribution < 1.29 is 19.5 Å². The number of ketones is 3. The van der Waals surface area contributed by atoms with E-state index in [1.54, 1.807) is 0 Å². The van der Waals surface area contributed by atoms with E-state index in [1.807, 2.05) is 20.8 Å². The highest BCUT2D eigenvalue weighted by Crippen LogP contribution is 2.55. The normalized spacial score (nSPS) is 38.6. The maximum absolute atomic E-state index is 12.3. The predicted octanol–water partition coefficient (Wildman–Crippen LogP) is 1.60. The van der Waals surface area contributed by atoms with Crippen molar-refractivity contribution in [2.75, 3.05) is 0 Å². The van der Waals surface area contributed by atoms with Crippen LogP contribution in [0.15, 0.2) is 11.6 Å². The molecule has 1 saturated carbocycles. The Morgan fingerprint density at radius 1 is 1.11 bits per heavy atom. The second-order valence-electron chi connectivity index (χ2n) is 6.68. The van der Waals surface area contributed by atoms with Crippen LogP contribution in [0.4, 0.5) is 0 Å². The second kappa shape index (κ2) is 3.85. The zero-order valence-electron chi connectivity index (χ0n) is 11.9. The number of aliphatic hydroxyl groups is 1. The van der Waals surface area contributed by atoms with Gasteiger partial charge in [0.1, 0.15) is 11.4 Å². The molecular weight excluding hydrogens is 244 g/mol. The van der Waals surface area contributed by atoms with Gasteiger partial charge in [-0.15, -0.1) is 0 Å². The van der Waals surface area contributed by atoms with Crippen LogP contribution in [0.1, 0.15) is 47.0 Å². The van der Waals surface area contributed by atoms with Gasteiger partial charge in [-0.25, -0.2) is 0 Å². The van der Waals surface area contributed by atoms with Crippen LogP contribution < -0.4 is 0 Å². The highest BCUT2D eigenvalue weighted by Gasteiger charge is 2.56. The van der Waals surface area contributed by atoms with Gasteiger partial charge in [-0.2, -0.15) is 0 Å². The van der Waals surface area contributed by atoms with Crippen molar-refractivity contribution in [3.63, 3.8) is 0 Å². The van der Waals surface area contributed by atoms with Crippen molar-refractivity contribution in [2.24, 2.45) is 10.8 Å². The third-order valence-corrected chi connectivity index (χ3v) is 5.13. The molecule has 2 aliphatic rings. The first-order valence-corrected chi connectivity index (χ1v) is 6.58. The molecule has 2 unspecified atom stereocenters. The van der Waals surface area contributed by atoms with Gasteiger partial charge in [0.05, 0.1) is 0 Å². The van der Waals surface area contributed by atoms with E-state index in [2.05, 4.69) is 0 Å². The van der Waals surface area contributed by atoms with Gasteiger partial charge in [-0.3, -0.25) is 14.4 Å². The van der Waals surface area contributed by atoms with E-state index >= 15 is 0 Å². The molecule has 2 atom stereocenters. The number of hydrogen-bond acceptors (Lipinski definition) is 4. The summed E-state index contributed by atoms with van der Waals surface area (Å²) < 4.78 is 0. The zero-order chi connectivity index (χ0) is 14.6. The standard InChI is InChI=1S/C15H20O4/c1-13(2)11(17)5-6-14(13,3)9-7-12(18)15(4,19)8-10(9)16/h7,19H,5-6,8H2,1-4H3. The van der Waals surface area contributed by atoms with Crippen LogP contribution in [0.25, 0.3) is 0 Å². The minimum atomic E-state index is -1.61. The molecule has 1 fully saturated rings. The molecule has 104 valence electrons. The average Bonchev–Trinajstić information content (AvgIpc) is 2.48. The summed E-state index contributed by atoms with van der Waals surface area (Å²) in [6, 6.07) is 0. The Bertz CT molecular complexity index is 510. The van der Waals surface area contributed by atoms with Crippen LogP contribution in [-0.4, -0.2) is 28.1 Å². The third-order valence-electron chi connectivity index (χ3n) is 5.13. The first-order valence-electron chi connectivity index (χ1n) is 6.58. The van der Waals surface area contributed by atoms with Crippen molar-refractivity contribution in [3.05, 3.63) is 11.6 Å². The molecule has 0 aromatic heterocycles. The lowest BCUT2D eigenvalue weighted by Crippen LogP contribution is -2.46. The lowest BCUT2D eigenvalue weighted by molar-refractivity contribution is -0.139. The van der Waals surface area contributed by atoms with Gasteiger partial charge in [0.2, 0.25) is 0 Å². The molecule has 0 aromatic carbocycles. The summed E-state index contributed by atoms with van der Waals surface area (Å²) in [5.74, 6) is -0.554. The zero-order valence-corrected chi connectivity index (χ0v) is 11.9. The Balaban J connectivity index is 2.51. The Hall–Kier alpha value is -1.29. The van der Waals surface area contributed by atoms with Crippen molar-refractivity contribution in [1.82, 2.24) is 0 Å². The van der Waals surface area contributed by atoms with Crippen LogP contribution in [-0.2, 0) is 14.4 Å². The van der Waals surface area contributed by atoms with Crippen LogP contribution in [0, 0.1) is 10.8 Å². The van der Waals surface area contributed by atoms with Crippen molar-refractivity contribution in [1.29, 1.82) is 0 Å². The maximum atomic E-state index is 12.3. The number of rotatable bonds is 1. The van der Waals surface area contributed by atoms with Crippen LogP contribution in [0.5, 0.6) is 0 Å². The van der Waals surface area contributed by atoms with E-state index in [1.165, 1.54) is 13.0 Å². The first-order chi connectivity index (χ1) is 8.52. The Labute approximate surface area is 112 Å². The number of hydrogen-bond donors (Lipinski definition) is 1. The summed E-state index contributed by atoms with van der Waals surface area (Å²) >= 11 is 0. The van der Waals surface area contributed by atoms with Crippen LogP contribution in [0.2, 0.25) is 0 Å². The van der Waals surface area contributed by atoms with Crippen molar-refractivity contribution in [3.8, 4) is 0 Å². The van der Waals surface area contributed by atoms with Gasteiger partial charge in [0, 0.05) is 29.2 Å². The summed E-state index contributed by atoms with van der Waals surface area (Å²) in [6.45, 7) is 6.88. The van der Waals surface area contributed by atoms with Gasteiger partial charge in [0.15, 0.2) is 11.6 Å². The molecule has 0 heterocycles. The lowest BCUT2D eigenvalue weighted by atomic mass is 9.61. The highest BCUT2D eigenvalue weighted by atomic mass is 16.3. The van der Waals surface area contributed by atoms with Crippen LogP contribution >= 0.6 is 0 Å². The molecule has 0 radical (unpaired) electrons. The summed E-state index contributed by atoms with van der Waals surface area (Å²) in [4.78, 5) is 36.1. The topological polar surface area (TPSA) is 71.4 Å². The Kier molecular flexibility index (Phi) is 2.87. The molecule has 2 aliphatic carbocycles. The van der Waals surface area contributed by atoms with Crippen molar-refractivity contribution >= 4 is 17.3 Å². The quantitative estimate of drug-likeness (QED) is 0.781. The number of allylic oxidation sites excluding steroid dienone is 1. The Morgan fingerprint density at radius 2 is 1.68 bits per heavy atom. The average molecular weight is 264 g/mol. The molecule has 0 bridgehead atoms. The molecule has 2 rings (SSSR count). The molecule has 1 N–H and O–H groups in total. The smallest absolute Gasteiger partial charge is 0.187 e. The van der Waals surface area contributed by atoms with Gasteiger partial charge in [-0.1, -0.05) is 20.8 Å². The molecule has 0 aliphatic heterocycles. The minimum absolute atomic E-state index is 0.119. The largest absolute Gasteiger partial charge is 0.382 e. The van der Waals surface area contributed by atoms with Gasteiger partial charge in [-0.05, 0) is 19.4 Å². The van der Waals surface area contributed by atoms with E-state index in [0.29, 0.717) is 18.4 Å². The first kappa shape index (κ1) is 14.1. The highest BCUT2D eigenvalue weighted by molar-refractivity contribution is 6.13. The monoisotopic (exact) mass is 264 g/mol. The van der Waals surface area contributed by atoms with Gasteiger partial charge < -0.3 is 5.11 Å². The number of carbonyl (C=O) groups excluding carboxylic acids is 3. The molecule has 0 amide bonds. The molecule has 0 aromatic rings. The predicted molar refractivity (Wildman–Crippen MR) is 69.5 cm³/mol. The molecule has 4 nitrogen and oxygen atoms in total. The summed E-state index contributed by atoms with van der Waals surface area (Å²) in [5.41, 5.74) is -2.48. The second-order valence-corrected chi connectivity index (χ2v) is 6.68. The van der Waals surface area contributed by atoms with E-state index in [0.717, 1.165) is 0 Å². The summed E-state index contributed by atoms with van der Waals surface area (Å²) in [7, 11) is 0. The Morgan fingerprint density at radius 3 is 2.16 bits per heavy atom. The minimum Gasteiger partial charge on any atom is -0.382 e. The summed E-state index contributed by atoms with van der Waals surface area (Å²) in [6.07, 6.45) is 2.06. The number of carbonyl (C=O) groups is 3. The van der Waals surface area contributed by atoms with E-state index in [9.17, 15) is 19.5 Å². The van der Waals surface area contributed by atoms with E-state index < -0.39 is 22.2 Å². The lowest BCUT2D eigenvalue weighted by Gasteiger charge is -2.41. The fraction of sp³-hybridized carbons (Fsp3) is 0.667. The van der Waals surface area contributed by atoms with E-state index in [-0.39, 0.29) is 18.0 Å². The fourth-order valence-corrected chi connectivity index (χ4v) is 3.10. The van der Waals surface area contributed by atoms with Crippen molar-refractivity contribution in [2.45, 2.75) is 52.6 Å². The third kappa shape index (κ3) is 1.81. The van der Waals surface area contributed by atoms with Crippen LogP contribution in [0.3, 0.4) is 0 Å². The molecule has 0 spiro atoms. The fourth-order valence-electron chi connectivity index (χ4n) is 3.10. The molecule has 0 saturated heterocycles. The number of Topliss-reactive ketones (excluding diaryl/α,β-unsaturated/α-hetero) is 2. The molecular formula is C15H20O4. The molecule has 4 heteroatoms. The molecule has 19 heavy (non-hydrogen) atoms. The SMILES string of the molecule is CC1(O)CC(=O)C(C2(C)CCC(=O)C2(C)C)=CC1=O.